The number of hydrogen-bond acceptors (Lipinski definition) is 7. The van der Waals surface area contributed by atoms with Crippen LogP contribution >= 0.6 is 0 Å². The maximum atomic E-state index is 12.4. The monoisotopic (exact) mass is 420 g/mol. The minimum Gasteiger partial charge on any atom is -0.369 e. The number of carbonyl (C=O) groups excluding carboxylic acids is 1. The summed E-state index contributed by atoms with van der Waals surface area (Å²) in [5.74, 6) is 0.184. The summed E-state index contributed by atoms with van der Waals surface area (Å²) in [6, 6.07) is 11.4. The maximum absolute atomic E-state index is 12.4. The SMILES string of the molecule is CC(=O)C(C)Cn1c(=O)ccc2cnc(Nc3ccc(N4CCN(C)CC4)cc3)nc21. The van der Waals surface area contributed by atoms with Crippen LogP contribution in [-0.2, 0) is 11.3 Å². The molecule has 0 aliphatic carbocycles. The average Bonchev–Trinajstić information content (AvgIpc) is 2.77. The molecule has 3 aromatic rings. The first-order chi connectivity index (χ1) is 14.9. The largest absolute Gasteiger partial charge is 0.369 e. The maximum Gasteiger partial charge on any atom is 0.252 e. The van der Waals surface area contributed by atoms with Crippen LogP contribution in [0.3, 0.4) is 0 Å². The molecular weight excluding hydrogens is 392 g/mol. The van der Waals surface area contributed by atoms with Crippen LogP contribution in [0.25, 0.3) is 11.0 Å². The van der Waals surface area contributed by atoms with E-state index in [-0.39, 0.29) is 17.3 Å². The zero-order chi connectivity index (χ0) is 22.0. The van der Waals surface area contributed by atoms with Gasteiger partial charge in [0, 0.05) is 67.7 Å². The zero-order valence-corrected chi connectivity index (χ0v) is 18.2. The van der Waals surface area contributed by atoms with Crippen LogP contribution in [0.1, 0.15) is 13.8 Å². The summed E-state index contributed by atoms with van der Waals surface area (Å²) in [6.07, 6.45) is 1.69. The van der Waals surface area contributed by atoms with E-state index in [0.29, 0.717) is 18.1 Å². The summed E-state index contributed by atoms with van der Waals surface area (Å²) in [5, 5.41) is 3.98. The van der Waals surface area contributed by atoms with Gasteiger partial charge in [0.25, 0.3) is 5.56 Å². The fourth-order valence-corrected chi connectivity index (χ4v) is 3.66. The lowest BCUT2D eigenvalue weighted by Crippen LogP contribution is -2.44. The third-order valence-corrected chi connectivity index (χ3v) is 5.87. The minimum atomic E-state index is -0.267. The topological polar surface area (TPSA) is 83.4 Å². The molecule has 0 amide bonds. The third kappa shape index (κ3) is 4.74. The number of rotatable bonds is 6. The number of fused-ring (bicyclic) bond motifs is 1. The van der Waals surface area contributed by atoms with Gasteiger partial charge in [0.1, 0.15) is 11.4 Å². The van der Waals surface area contributed by atoms with E-state index >= 15 is 0 Å². The van der Waals surface area contributed by atoms with Crippen LogP contribution in [-0.4, -0.2) is 58.4 Å². The van der Waals surface area contributed by atoms with Crippen LogP contribution < -0.4 is 15.8 Å². The van der Waals surface area contributed by atoms with Crippen molar-refractivity contribution in [1.82, 2.24) is 19.4 Å². The number of likely N-dealkylation sites (N-methyl/N-ethyl adjacent to an activating group) is 1. The standard InChI is InChI=1S/C23H28N6O2/c1-16(17(2)30)15-29-21(31)9-4-18-14-24-23(26-22(18)29)25-19-5-7-20(8-6-19)28-12-10-27(3)11-13-28/h4-9,14,16H,10-13,15H2,1-3H3,(H,24,25,26). The number of anilines is 3. The van der Waals surface area contributed by atoms with Crippen LogP contribution in [0.15, 0.2) is 47.4 Å². The highest BCUT2D eigenvalue weighted by Gasteiger charge is 2.15. The van der Waals surface area contributed by atoms with Crippen molar-refractivity contribution < 1.29 is 4.79 Å². The number of carbonyl (C=O) groups is 1. The van der Waals surface area contributed by atoms with Gasteiger partial charge in [-0.15, -0.1) is 0 Å². The highest BCUT2D eigenvalue weighted by atomic mass is 16.1. The molecule has 4 rings (SSSR count). The second-order valence-electron chi connectivity index (χ2n) is 8.23. The fourth-order valence-electron chi connectivity index (χ4n) is 3.66. The summed E-state index contributed by atoms with van der Waals surface area (Å²) in [6.45, 7) is 7.82. The molecule has 1 atom stereocenters. The Hall–Kier alpha value is -3.26. The van der Waals surface area contributed by atoms with Crippen molar-refractivity contribution in [2.24, 2.45) is 5.92 Å². The Labute approximate surface area is 181 Å². The molecule has 162 valence electrons. The zero-order valence-electron chi connectivity index (χ0n) is 18.2. The lowest BCUT2D eigenvalue weighted by Gasteiger charge is -2.34. The number of ketones is 1. The molecule has 8 nitrogen and oxygen atoms in total. The quantitative estimate of drug-likeness (QED) is 0.656. The Bertz CT molecular complexity index is 1130. The number of nitrogens with zero attached hydrogens (tertiary/aromatic N) is 5. The first kappa shape index (κ1) is 21.0. The second kappa shape index (κ2) is 8.85. The van der Waals surface area contributed by atoms with E-state index in [2.05, 4.69) is 44.3 Å². The molecule has 1 aliphatic heterocycles. The Balaban J connectivity index is 1.56. The van der Waals surface area contributed by atoms with Gasteiger partial charge in [0.05, 0.1) is 0 Å². The molecule has 0 saturated carbocycles. The van der Waals surface area contributed by atoms with Crippen molar-refractivity contribution in [3.05, 3.63) is 52.9 Å². The molecule has 1 saturated heterocycles. The van der Waals surface area contributed by atoms with Gasteiger partial charge < -0.3 is 15.1 Å². The van der Waals surface area contributed by atoms with Crippen LogP contribution in [0.5, 0.6) is 0 Å². The third-order valence-electron chi connectivity index (χ3n) is 5.87. The highest BCUT2D eigenvalue weighted by Crippen LogP contribution is 2.22. The van der Waals surface area contributed by atoms with Crippen molar-refractivity contribution in [3.8, 4) is 0 Å². The van der Waals surface area contributed by atoms with Gasteiger partial charge >= 0.3 is 0 Å². The molecule has 0 spiro atoms. The number of hydrogen-bond donors (Lipinski definition) is 1. The molecule has 1 aliphatic rings. The molecular formula is C23H28N6O2. The molecule has 1 N–H and O–H groups in total. The van der Waals surface area contributed by atoms with Gasteiger partial charge in [-0.25, -0.2) is 4.98 Å². The molecule has 1 unspecified atom stereocenters. The van der Waals surface area contributed by atoms with Crippen LogP contribution in [0.2, 0.25) is 0 Å². The Morgan fingerprint density at radius 2 is 1.81 bits per heavy atom. The molecule has 8 heteroatoms. The summed E-state index contributed by atoms with van der Waals surface area (Å²) in [4.78, 5) is 37.8. The van der Waals surface area contributed by atoms with Crippen molar-refractivity contribution in [1.29, 1.82) is 0 Å². The lowest BCUT2D eigenvalue weighted by atomic mass is 10.1. The van der Waals surface area contributed by atoms with Gasteiger partial charge in [0.2, 0.25) is 5.95 Å². The normalized spacial score (nSPS) is 15.8. The van der Waals surface area contributed by atoms with Gasteiger partial charge in [-0.3, -0.25) is 14.2 Å². The predicted molar refractivity (Wildman–Crippen MR) is 123 cm³/mol. The Morgan fingerprint density at radius 3 is 2.48 bits per heavy atom. The minimum absolute atomic E-state index is 0.0387. The number of aromatic nitrogens is 3. The molecule has 0 bridgehead atoms. The molecule has 3 heterocycles. The number of piperazine rings is 1. The van der Waals surface area contributed by atoms with E-state index in [4.69, 9.17) is 0 Å². The number of Topliss-reactive ketones (excluding diaryl/α,β-unsaturated/α-hetero) is 1. The van der Waals surface area contributed by atoms with Crippen molar-refractivity contribution in [2.45, 2.75) is 20.4 Å². The summed E-state index contributed by atoms with van der Waals surface area (Å²) < 4.78 is 1.55. The summed E-state index contributed by atoms with van der Waals surface area (Å²) in [7, 11) is 2.15. The fraction of sp³-hybridized carbons (Fsp3) is 0.391. The first-order valence-electron chi connectivity index (χ1n) is 10.6. The van der Waals surface area contributed by atoms with Crippen molar-refractivity contribution in [3.63, 3.8) is 0 Å². The molecule has 31 heavy (non-hydrogen) atoms. The Morgan fingerprint density at radius 1 is 1.10 bits per heavy atom. The highest BCUT2D eigenvalue weighted by molar-refractivity contribution is 5.79. The number of benzene rings is 1. The van der Waals surface area contributed by atoms with E-state index in [1.165, 1.54) is 18.7 Å². The van der Waals surface area contributed by atoms with E-state index in [9.17, 15) is 9.59 Å². The number of pyridine rings is 1. The van der Waals surface area contributed by atoms with Crippen molar-refractivity contribution in [2.75, 3.05) is 43.4 Å². The van der Waals surface area contributed by atoms with Crippen LogP contribution in [0, 0.1) is 5.92 Å². The van der Waals surface area contributed by atoms with Crippen molar-refractivity contribution >= 4 is 34.1 Å². The Kier molecular flexibility index (Phi) is 5.99. The first-order valence-corrected chi connectivity index (χ1v) is 10.6. The van der Waals surface area contributed by atoms with E-state index < -0.39 is 0 Å². The lowest BCUT2D eigenvalue weighted by molar-refractivity contribution is -0.120. The van der Waals surface area contributed by atoms with Gasteiger partial charge in [0.15, 0.2) is 0 Å². The predicted octanol–water partition coefficient (Wildman–Crippen LogP) is 2.51. The summed E-state index contributed by atoms with van der Waals surface area (Å²) >= 11 is 0. The summed E-state index contributed by atoms with van der Waals surface area (Å²) in [5.41, 5.74) is 2.42. The van der Waals surface area contributed by atoms with E-state index in [1.54, 1.807) is 16.8 Å². The van der Waals surface area contributed by atoms with Gasteiger partial charge in [-0.05, 0) is 44.3 Å². The number of nitrogens with one attached hydrogen (secondary N) is 1. The van der Waals surface area contributed by atoms with E-state index in [0.717, 1.165) is 37.3 Å². The second-order valence-corrected chi connectivity index (χ2v) is 8.23. The van der Waals surface area contributed by atoms with Gasteiger partial charge in [-0.1, -0.05) is 6.92 Å². The smallest absolute Gasteiger partial charge is 0.252 e. The van der Waals surface area contributed by atoms with E-state index in [1.807, 2.05) is 19.1 Å². The van der Waals surface area contributed by atoms with Crippen LogP contribution in [0.4, 0.5) is 17.3 Å². The molecule has 1 aromatic carbocycles. The molecule has 1 fully saturated rings. The molecule has 2 aromatic heterocycles. The van der Waals surface area contributed by atoms with Gasteiger partial charge in [-0.2, -0.15) is 4.98 Å². The average molecular weight is 421 g/mol. The molecule has 0 radical (unpaired) electrons.